The molecule has 0 saturated carbocycles. The van der Waals surface area contributed by atoms with Gasteiger partial charge in [-0.05, 0) is 0 Å². The number of ether oxygens (including phenoxy) is 1. The van der Waals surface area contributed by atoms with E-state index in [-0.39, 0.29) is 19.5 Å². The van der Waals surface area contributed by atoms with Crippen LogP contribution in [-0.2, 0) is 19.5 Å². The van der Waals surface area contributed by atoms with E-state index in [4.69, 9.17) is 0 Å². The van der Waals surface area contributed by atoms with E-state index in [0.717, 1.165) is 0 Å². The zero-order valence-corrected chi connectivity index (χ0v) is 13.9. The van der Waals surface area contributed by atoms with Gasteiger partial charge >= 0.3 is 0 Å². The van der Waals surface area contributed by atoms with Gasteiger partial charge in [0.15, 0.2) is 0 Å². The number of rotatable bonds is 2. The molecule has 0 unspecified atom stereocenters. The molecule has 2 rings (SSSR count). The van der Waals surface area contributed by atoms with Gasteiger partial charge in [-0.15, -0.1) is 0 Å². The number of hydrogen-bond acceptors (Lipinski definition) is 1. The molecule has 0 bridgehead atoms. The van der Waals surface area contributed by atoms with Crippen LogP contribution in [-0.4, -0.2) is 0 Å². The maximum Gasteiger partial charge on any atom is 0.207 e. The summed E-state index contributed by atoms with van der Waals surface area (Å²) in [6.07, 6.45) is 0. The minimum Gasteiger partial charge on any atom is -0.444 e. The molecular weight excluding hydrogens is 416 g/mol. The first kappa shape index (κ1) is 20.2. The first-order valence-corrected chi connectivity index (χ1v) is 5.30. The van der Waals surface area contributed by atoms with Gasteiger partial charge in [-0.3, -0.25) is 0 Å². The second-order valence-electron chi connectivity index (χ2n) is 3.90. The summed E-state index contributed by atoms with van der Waals surface area (Å²) in [5, 5.41) is 0. The molecule has 0 N–H and O–H groups in total. The normalized spacial score (nSPS) is 10.6. The van der Waals surface area contributed by atoms with Crippen LogP contribution in [0.25, 0.3) is 0 Å². The summed E-state index contributed by atoms with van der Waals surface area (Å²) >= 11 is 0. The second-order valence-corrected chi connectivity index (χ2v) is 3.90. The van der Waals surface area contributed by atoms with Crippen LogP contribution in [0.5, 0.6) is 11.5 Å². The maximum absolute atomic E-state index is 13.3. The third kappa shape index (κ3) is 2.94. The summed E-state index contributed by atoms with van der Waals surface area (Å²) in [7, 11) is 0. The van der Waals surface area contributed by atoms with E-state index in [0.29, 0.717) is 0 Å². The Kier molecular flexibility index (Phi) is 5.86. The van der Waals surface area contributed by atoms with Gasteiger partial charge in [0.05, 0.1) is 0 Å². The smallest absolute Gasteiger partial charge is 0.207 e. The number of hydrogen-bond donors (Lipinski definition) is 0. The van der Waals surface area contributed by atoms with E-state index in [1.54, 1.807) is 0 Å². The van der Waals surface area contributed by atoms with Crippen LogP contribution in [0.4, 0.5) is 43.9 Å². The van der Waals surface area contributed by atoms with Crippen LogP contribution in [0.1, 0.15) is 0 Å². The van der Waals surface area contributed by atoms with Gasteiger partial charge in [0.2, 0.25) is 69.7 Å². The molecule has 0 aliphatic rings. The Labute approximate surface area is 138 Å². The molecule has 1 nitrogen and oxygen atoms in total. The third-order valence-corrected chi connectivity index (χ3v) is 2.54. The van der Waals surface area contributed by atoms with Gasteiger partial charge in [-0.1, -0.05) is 0 Å². The standard InChI is InChI=1S/C12F10O.Zn/c13-1-3(15)7(19)11(8(20)4(1)16)23-12-9(21)5(17)2(14)6(18)10(12)22;. The Hall–Kier alpha value is -1.84. The van der Waals surface area contributed by atoms with Crippen molar-refractivity contribution in [3.63, 3.8) is 0 Å². The summed E-state index contributed by atoms with van der Waals surface area (Å²) in [5.41, 5.74) is 0. The largest absolute Gasteiger partial charge is 0.444 e. The van der Waals surface area contributed by atoms with Crippen LogP contribution in [0, 0.1) is 58.2 Å². The van der Waals surface area contributed by atoms with Crippen LogP contribution in [0.3, 0.4) is 0 Å². The fraction of sp³-hybridized carbons (Fsp3) is 0. The monoisotopic (exact) mass is 414 g/mol. The van der Waals surface area contributed by atoms with Crippen LogP contribution >= 0.6 is 0 Å². The fourth-order valence-corrected chi connectivity index (χ4v) is 1.45. The van der Waals surface area contributed by atoms with Crippen molar-refractivity contribution >= 4 is 0 Å². The summed E-state index contributed by atoms with van der Waals surface area (Å²) in [5.74, 6) is -30.5. The zero-order chi connectivity index (χ0) is 17.6. The molecule has 2 aromatic rings. The van der Waals surface area contributed by atoms with Crippen molar-refractivity contribution in [2.45, 2.75) is 0 Å². The van der Waals surface area contributed by atoms with Crippen LogP contribution < -0.4 is 4.74 Å². The molecule has 0 aliphatic heterocycles. The molecular formula is C12F10OZn. The van der Waals surface area contributed by atoms with E-state index in [9.17, 15) is 43.9 Å². The predicted molar refractivity (Wildman–Crippen MR) is 52.5 cm³/mol. The molecule has 0 fully saturated rings. The molecule has 24 heavy (non-hydrogen) atoms. The third-order valence-electron chi connectivity index (χ3n) is 2.54. The van der Waals surface area contributed by atoms with Crippen LogP contribution in [0.15, 0.2) is 0 Å². The van der Waals surface area contributed by atoms with Crippen molar-refractivity contribution in [2.75, 3.05) is 0 Å². The zero-order valence-electron chi connectivity index (χ0n) is 10.9. The molecule has 0 atom stereocenters. The molecule has 12 heteroatoms. The molecule has 126 valence electrons. The van der Waals surface area contributed by atoms with Gasteiger partial charge < -0.3 is 4.74 Å². The summed E-state index contributed by atoms with van der Waals surface area (Å²) in [4.78, 5) is 0. The SMILES string of the molecule is Fc1c(F)c(F)c(Oc2c(F)c(F)c(F)c(F)c2F)c(F)c1F.[Zn]. The molecule has 0 aliphatic carbocycles. The van der Waals surface area contributed by atoms with Crippen molar-refractivity contribution in [3.05, 3.63) is 58.2 Å². The van der Waals surface area contributed by atoms with Crippen molar-refractivity contribution in [3.8, 4) is 11.5 Å². The van der Waals surface area contributed by atoms with Crippen LogP contribution in [0.2, 0.25) is 0 Å². The van der Waals surface area contributed by atoms with E-state index < -0.39 is 69.7 Å². The second kappa shape index (κ2) is 6.96. The van der Waals surface area contributed by atoms with Gasteiger partial charge in [0, 0.05) is 19.5 Å². The minimum absolute atomic E-state index is 0. The van der Waals surface area contributed by atoms with Crippen molar-refractivity contribution in [1.29, 1.82) is 0 Å². The van der Waals surface area contributed by atoms with Gasteiger partial charge in [0.25, 0.3) is 0 Å². The van der Waals surface area contributed by atoms with Gasteiger partial charge in [-0.2, -0.15) is 17.6 Å². The maximum atomic E-state index is 13.3. The van der Waals surface area contributed by atoms with E-state index >= 15 is 0 Å². The Morgan fingerprint density at radius 3 is 0.708 bits per heavy atom. The van der Waals surface area contributed by atoms with E-state index in [1.165, 1.54) is 0 Å². The Morgan fingerprint density at radius 1 is 0.333 bits per heavy atom. The average Bonchev–Trinajstić information content (AvgIpc) is 2.54. The number of benzene rings is 2. The Morgan fingerprint density at radius 2 is 0.500 bits per heavy atom. The molecule has 0 spiro atoms. The molecule has 0 heterocycles. The Bertz CT molecular complexity index is 697. The summed E-state index contributed by atoms with van der Waals surface area (Å²) in [6.45, 7) is 0. The molecule has 0 radical (unpaired) electrons. The first-order chi connectivity index (χ1) is 10.6. The van der Waals surface area contributed by atoms with Gasteiger partial charge in [0.1, 0.15) is 0 Å². The average molecular weight is 416 g/mol. The minimum atomic E-state index is -2.62. The molecule has 0 aromatic heterocycles. The molecule has 2 aromatic carbocycles. The quantitative estimate of drug-likeness (QED) is 0.294. The summed E-state index contributed by atoms with van der Waals surface area (Å²) < 4.78 is 134. The topological polar surface area (TPSA) is 9.23 Å². The Balaban J connectivity index is 0.00000288. The molecule has 0 saturated heterocycles. The first-order valence-electron chi connectivity index (χ1n) is 5.30. The predicted octanol–water partition coefficient (Wildman–Crippen LogP) is 4.87. The van der Waals surface area contributed by atoms with E-state index in [1.807, 2.05) is 0 Å². The summed E-state index contributed by atoms with van der Waals surface area (Å²) in [6, 6.07) is 0. The van der Waals surface area contributed by atoms with Gasteiger partial charge in [-0.25, -0.2) is 26.3 Å². The molecule has 0 amide bonds. The number of halogens is 10. The fourth-order valence-electron chi connectivity index (χ4n) is 1.45. The van der Waals surface area contributed by atoms with Crippen molar-refractivity contribution in [2.24, 2.45) is 0 Å². The van der Waals surface area contributed by atoms with Crippen molar-refractivity contribution in [1.82, 2.24) is 0 Å². The van der Waals surface area contributed by atoms with Crippen molar-refractivity contribution < 1.29 is 68.1 Å². The van der Waals surface area contributed by atoms with E-state index in [2.05, 4.69) is 4.74 Å².